The maximum Gasteiger partial charge on any atom is 0.342 e. The van der Waals surface area contributed by atoms with Gasteiger partial charge in [0.15, 0.2) is 12.4 Å². The van der Waals surface area contributed by atoms with Gasteiger partial charge in [-0.3, -0.25) is 4.79 Å². The van der Waals surface area contributed by atoms with Crippen molar-refractivity contribution >= 4 is 11.8 Å². The summed E-state index contributed by atoms with van der Waals surface area (Å²) in [6, 6.07) is 11.8. The van der Waals surface area contributed by atoms with Crippen molar-refractivity contribution < 1.29 is 19.4 Å². The number of ether oxygens (including phenoxy) is 1. The molecule has 2 rings (SSSR count). The van der Waals surface area contributed by atoms with E-state index >= 15 is 0 Å². The summed E-state index contributed by atoms with van der Waals surface area (Å²) in [5.41, 5.74) is 2.53. The Balaban J connectivity index is 2.00. The molecule has 0 bridgehead atoms. The van der Waals surface area contributed by atoms with E-state index in [4.69, 9.17) is 4.74 Å². The van der Waals surface area contributed by atoms with Gasteiger partial charge in [-0.2, -0.15) is 0 Å². The smallest absolute Gasteiger partial charge is 0.342 e. The molecule has 4 heteroatoms. The third-order valence-electron chi connectivity index (χ3n) is 3.39. The fourth-order valence-electron chi connectivity index (χ4n) is 2.03. The number of aryl methyl sites for hydroxylation is 2. The molecule has 1 N–H and O–H groups in total. The number of carbonyl (C=O) groups excluding carboxylic acids is 2. The molecule has 0 spiro atoms. The number of esters is 1. The first-order chi connectivity index (χ1) is 10.5. The lowest BCUT2D eigenvalue weighted by molar-refractivity contribution is 0.0471. The van der Waals surface area contributed by atoms with Gasteiger partial charge in [0, 0.05) is 5.56 Å². The van der Waals surface area contributed by atoms with Crippen LogP contribution in [0.3, 0.4) is 0 Å². The molecule has 0 aliphatic heterocycles. The Morgan fingerprint density at radius 2 is 1.77 bits per heavy atom. The molecular formula is C18H18O4. The molecule has 0 radical (unpaired) electrons. The topological polar surface area (TPSA) is 63.6 Å². The van der Waals surface area contributed by atoms with Crippen molar-refractivity contribution in [3.05, 3.63) is 64.7 Å². The van der Waals surface area contributed by atoms with Gasteiger partial charge >= 0.3 is 5.97 Å². The van der Waals surface area contributed by atoms with Gasteiger partial charge < -0.3 is 9.84 Å². The van der Waals surface area contributed by atoms with Gasteiger partial charge in [-0.1, -0.05) is 42.8 Å². The Bertz CT molecular complexity index is 687. The summed E-state index contributed by atoms with van der Waals surface area (Å²) in [5, 5.41) is 9.66. The van der Waals surface area contributed by atoms with E-state index in [9.17, 15) is 14.7 Å². The van der Waals surface area contributed by atoms with Crippen LogP contribution in [0.4, 0.5) is 0 Å². The van der Waals surface area contributed by atoms with E-state index in [0.29, 0.717) is 5.56 Å². The summed E-state index contributed by atoms with van der Waals surface area (Å²) in [7, 11) is 0. The molecule has 2 aromatic carbocycles. The number of carbonyl (C=O) groups is 2. The number of hydrogen-bond acceptors (Lipinski definition) is 4. The second-order valence-corrected chi connectivity index (χ2v) is 5.07. The van der Waals surface area contributed by atoms with Crippen LogP contribution in [0.2, 0.25) is 0 Å². The average Bonchev–Trinajstić information content (AvgIpc) is 2.54. The largest absolute Gasteiger partial charge is 0.507 e. The SMILES string of the molecule is CCc1ccc(C(=O)COC(=O)c2cc(C)ccc2O)cc1. The summed E-state index contributed by atoms with van der Waals surface area (Å²) in [4.78, 5) is 23.9. The standard InChI is InChI=1S/C18H18O4/c1-3-13-5-7-14(8-6-13)17(20)11-22-18(21)15-10-12(2)4-9-16(15)19/h4-10,19H,3,11H2,1-2H3. The molecule has 4 nitrogen and oxygen atoms in total. The zero-order valence-corrected chi connectivity index (χ0v) is 12.6. The maximum absolute atomic E-state index is 12.0. The predicted molar refractivity (Wildman–Crippen MR) is 83.3 cm³/mol. The molecule has 0 saturated carbocycles. The fourth-order valence-corrected chi connectivity index (χ4v) is 2.03. The van der Waals surface area contributed by atoms with E-state index in [1.165, 1.54) is 12.1 Å². The van der Waals surface area contributed by atoms with Crippen LogP contribution in [0.15, 0.2) is 42.5 Å². The molecule has 2 aromatic rings. The summed E-state index contributed by atoms with van der Waals surface area (Å²) in [6.45, 7) is 3.49. The highest BCUT2D eigenvalue weighted by Crippen LogP contribution is 2.19. The Labute approximate surface area is 129 Å². The lowest BCUT2D eigenvalue weighted by Gasteiger charge is -2.07. The van der Waals surface area contributed by atoms with Crippen molar-refractivity contribution in [1.82, 2.24) is 0 Å². The van der Waals surface area contributed by atoms with E-state index in [-0.39, 0.29) is 23.7 Å². The molecule has 0 unspecified atom stereocenters. The zero-order chi connectivity index (χ0) is 16.1. The number of benzene rings is 2. The summed E-state index contributed by atoms with van der Waals surface area (Å²) in [6.07, 6.45) is 0.899. The first-order valence-corrected chi connectivity index (χ1v) is 7.10. The molecule has 22 heavy (non-hydrogen) atoms. The molecular weight excluding hydrogens is 280 g/mol. The quantitative estimate of drug-likeness (QED) is 0.679. The lowest BCUT2D eigenvalue weighted by atomic mass is 10.1. The van der Waals surface area contributed by atoms with Crippen molar-refractivity contribution in [3.63, 3.8) is 0 Å². The number of hydrogen-bond donors (Lipinski definition) is 1. The molecule has 0 aliphatic carbocycles. The number of ketones is 1. The Morgan fingerprint density at radius 3 is 2.41 bits per heavy atom. The van der Waals surface area contributed by atoms with Gasteiger partial charge in [-0.05, 0) is 31.0 Å². The van der Waals surface area contributed by atoms with Gasteiger partial charge in [-0.25, -0.2) is 4.79 Å². The van der Waals surface area contributed by atoms with Crippen LogP contribution in [0, 0.1) is 6.92 Å². The van der Waals surface area contributed by atoms with Gasteiger partial charge in [-0.15, -0.1) is 0 Å². The van der Waals surface area contributed by atoms with Crippen LogP contribution < -0.4 is 0 Å². The molecule has 0 atom stereocenters. The van der Waals surface area contributed by atoms with Crippen molar-refractivity contribution in [1.29, 1.82) is 0 Å². The van der Waals surface area contributed by atoms with Crippen LogP contribution in [-0.2, 0) is 11.2 Å². The Kier molecular flexibility index (Phi) is 4.94. The molecule has 0 heterocycles. The first kappa shape index (κ1) is 15.8. The minimum Gasteiger partial charge on any atom is -0.507 e. The monoisotopic (exact) mass is 298 g/mol. The van der Waals surface area contributed by atoms with Crippen LogP contribution in [-0.4, -0.2) is 23.5 Å². The fraction of sp³-hybridized carbons (Fsp3) is 0.222. The predicted octanol–water partition coefficient (Wildman–Crippen LogP) is 3.30. The third kappa shape index (κ3) is 3.73. The van der Waals surface area contributed by atoms with Crippen molar-refractivity contribution in [2.75, 3.05) is 6.61 Å². The van der Waals surface area contributed by atoms with Gasteiger partial charge in [0.05, 0.1) is 0 Å². The van der Waals surface area contributed by atoms with Gasteiger partial charge in [0.1, 0.15) is 11.3 Å². The number of rotatable bonds is 5. The van der Waals surface area contributed by atoms with Gasteiger partial charge in [0.25, 0.3) is 0 Å². The Hall–Kier alpha value is -2.62. The van der Waals surface area contributed by atoms with Crippen LogP contribution in [0.5, 0.6) is 5.75 Å². The minimum atomic E-state index is -0.709. The van der Waals surface area contributed by atoms with Crippen LogP contribution in [0.1, 0.15) is 38.8 Å². The number of phenolic OH excluding ortho intramolecular Hbond substituents is 1. The zero-order valence-electron chi connectivity index (χ0n) is 12.6. The highest BCUT2D eigenvalue weighted by atomic mass is 16.5. The van der Waals surface area contributed by atoms with E-state index in [0.717, 1.165) is 17.5 Å². The van der Waals surface area contributed by atoms with Crippen molar-refractivity contribution in [3.8, 4) is 5.75 Å². The molecule has 0 aromatic heterocycles. The number of phenols is 1. The van der Waals surface area contributed by atoms with Gasteiger partial charge in [0.2, 0.25) is 0 Å². The summed E-state index contributed by atoms with van der Waals surface area (Å²) >= 11 is 0. The van der Waals surface area contributed by atoms with Crippen LogP contribution in [0.25, 0.3) is 0 Å². The molecule has 114 valence electrons. The van der Waals surface area contributed by atoms with E-state index in [1.807, 2.05) is 19.1 Å². The average molecular weight is 298 g/mol. The van der Waals surface area contributed by atoms with Crippen molar-refractivity contribution in [2.45, 2.75) is 20.3 Å². The highest BCUT2D eigenvalue weighted by Gasteiger charge is 2.15. The van der Waals surface area contributed by atoms with E-state index in [2.05, 4.69) is 0 Å². The molecule has 0 amide bonds. The molecule has 0 fully saturated rings. The number of aromatic hydroxyl groups is 1. The summed E-state index contributed by atoms with van der Waals surface area (Å²) in [5.74, 6) is -1.14. The minimum absolute atomic E-state index is 0.0640. The second-order valence-electron chi connectivity index (χ2n) is 5.07. The first-order valence-electron chi connectivity index (χ1n) is 7.10. The van der Waals surface area contributed by atoms with Crippen molar-refractivity contribution in [2.24, 2.45) is 0 Å². The maximum atomic E-state index is 12.0. The Morgan fingerprint density at radius 1 is 1.09 bits per heavy atom. The van der Waals surface area contributed by atoms with E-state index in [1.54, 1.807) is 25.1 Å². The number of Topliss-reactive ketones (excluding diaryl/α,β-unsaturated/α-hetero) is 1. The third-order valence-corrected chi connectivity index (χ3v) is 3.39. The summed E-state index contributed by atoms with van der Waals surface area (Å²) < 4.78 is 4.99. The normalized spacial score (nSPS) is 10.3. The molecule has 0 saturated heterocycles. The van der Waals surface area contributed by atoms with E-state index < -0.39 is 5.97 Å². The second kappa shape index (κ2) is 6.89. The highest BCUT2D eigenvalue weighted by molar-refractivity contribution is 6.00. The molecule has 0 aliphatic rings. The lowest BCUT2D eigenvalue weighted by Crippen LogP contribution is -2.14. The van der Waals surface area contributed by atoms with Crippen LogP contribution >= 0.6 is 0 Å².